The van der Waals surface area contributed by atoms with Crippen molar-refractivity contribution < 1.29 is 0 Å². The highest BCUT2D eigenvalue weighted by Gasteiger charge is 2.36. The summed E-state index contributed by atoms with van der Waals surface area (Å²) < 4.78 is 0. The van der Waals surface area contributed by atoms with E-state index >= 15 is 0 Å². The Balaban J connectivity index is 1.61. The van der Waals surface area contributed by atoms with Crippen LogP contribution in [-0.2, 0) is 6.54 Å². The number of guanidine groups is 1. The third kappa shape index (κ3) is 4.10. The van der Waals surface area contributed by atoms with Crippen LogP contribution < -0.4 is 5.32 Å². The SMILES string of the molecule is CCCNC(=NC)N1CCC2C(CCCN2Cc2ccccc2)C1. The van der Waals surface area contributed by atoms with Crippen LogP contribution in [0.1, 0.15) is 38.2 Å². The molecule has 0 aromatic heterocycles. The van der Waals surface area contributed by atoms with E-state index in [0.717, 1.165) is 50.5 Å². The average molecular weight is 329 g/mol. The molecular weight excluding hydrogens is 296 g/mol. The lowest BCUT2D eigenvalue weighted by molar-refractivity contribution is 0.0372. The molecule has 0 amide bonds. The van der Waals surface area contributed by atoms with E-state index in [0.29, 0.717) is 0 Å². The van der Waals surface area contributed by atoms with E-state index < -0.39 is 0 Å². The molecule has 0 aliphatic carbocycles. The number of fused-ring (bicyclic) bond motifs is 1. The van der Waals surface area contributed by atoms with Gasteiger partial charge in [0.25, 0.3) is 0 Å². The summed E-state index contributed by atoms with van der Waals surface area (Å²) in [5.41, 5.74) is 1.45. The highest BCUT2D eigenvalue weighted by molar-refractivity contribution is 5.80. The zero-order valence-corrected chi connectivity index (χ0v) is 15.2. The van der Waals surface area contributed by atoms with Crippen LogP contribution in [0.2, 0.25) is 0 Å². The second-order valence-electron chi connectivity index (χ2n) is 7.13. The van der Waals surface area contributed by atoms with Gasteiger partial charge in [0.15, 0.2) is 5.96 Å². The first-order valence-electron chi connectivity index (χ1n) is 9.55. The summed E-state index contributed by atoms with van der Waals surface area (Å²) in [5, 5.41) is 3.50. The lowest BCUT2D eigenvalue weighted by atomic mass is 9.83. The van der Waals surface area contributed by atoms with Gasteiger partial charge in [0.2, 0.25) is 0 Å². The van der Waals surface area contributed by atoms with Crippen molar-refractivity contribution in [2.45, 2.75) is 45.2 Å². The van der Waals surface area contributed by atoms with Gasteiger partial charge in [-0.05, 0) is 43.7 Å². The minimum Gasteiger partial charge on any atom is -0.356 e. The van der Waals surface area contributed by atoms with Gasteiger partial charge in [0, 0.05) is 39.3 Å². The molecule has 0 spiro atoms. The molecule has 1 aromatic rings. The predicted octanol–water partition coefficient (Wildman–Crippen LogP) is 2.96. The molecule has 0 radical (unpaired) electrons. The number of hydrogen-bond acceptors (Lipinski definition) is 2. The Morgan fingerprint density at radius 2 is 2.04 bits per heavy atom. The fourth-order valence-corrected chi connectivity index (χ4v) is 4.28. The summed E-state index contributed by atoms with van der Waals surface area (Å²) in [7, 11) is 1.91. The largest absolute Gasteiger partial charge is 0.356 e. The molecule has 2 heterocycles. The van der Waals surface area contributed by atoms with E-state index in [1.54, 1.807) is 0 Å². The molecule has 132 valence electrons. The maximum Gasteiger partial charge on any atom is 0.193 e. The zero-order chi connectivity index (χ0) is 16.8. The van der Waals surface area contributed by atoms with Crippen molar-refractivity contribution in [1.29, 1.82) is 0 Å². The van der Waals surface area contributed by atoms with E-state index in [2.05, 4.69) is 57.4 Å². The highest BCUT2D eigenvalue weighted by Crippen LogP contribution is 2.31. The highest BCUT2D eigenvalue weighted by atomic mass is 15.3. The fraction of sp³-hybridized carbons (Fsp3) is 0.650. The first-order chi connectivity index (χ1) is 11.8. The van der Waals surface area contributed by atoms with Gasteiger partial charge in [-0.2, -0.15) is 0 Å². The zero-order valence-electron chi connectivity index (χ0n) is 15.2. The molecular formula is C20H32N4. The molecule has 0 bridgehead atoms. The quantitative estimate of drug-likeness (QED) is 0.681. The number of likely N-dealkylation sites (tertiary alicyclic amines) is 2. The number of nitrogens with one attached hydrogen (secondary N) is 1. The first kappa shape index (κ1) is 17.3. The molecule has 2 atom stereocenters. The monoisotopic (exact) mass is 328 g/mol. The number of benzene rings is 1. The number of piperidine rings is 2. The van der Waals surface area contributed by atoms with E-state index in [1.807, 2.05) is 7.05 Å². The second-order valence-corrected chi connectivity index (χ2v) is 7.13. The van der Waals surface area contributed by atoms with Crippen LogP contribution in [-0.4, -0.2) is 55.0 Å². The molecule has 1 N–H and O–H groups in total. The summed E-state index contributed by atoms with van der Waals surface area (Å²) >= 11 is 0. The van der Waals surface area contributed by atoms with Crippen molar-refractivity contribution >= 4 is 5.96 Å². The summed E-state index contributed by atoms with van der Waals surface area (Å²) in [6.45, 7) is 7.84. The van der Waals surface area contributed by atoms with Gasteiger partial charge < -0.3 is 10.2 Å². The number of rotatable bonds is 4. The van der Waals surface area contributed by atoms with Crippen LogP contribution in [0.3, 0.4) is 0 Å². The van der Waals surface area contributed by atoms with Gasteiger partial charge in [-0.25, -0.2) is 0 Å². The molecule has 2 saturated heterocycles. The minimum absolute atomic E-state index is 0.736. The molecule has 24 heavy (non-hydrogen) atoms. The molecule has 2 unspecified atom stereocenters. The van der Waals surface area contributed by atoms with Gasteiger partial charge >= 0.3 is 0 Å². The van der Waals surface area contributed by atoms with Gasteiger partial charge in [-0.1, -0.05) is 37.3 Å². The summed E-state index contributed by atoms with van der Waals surface area (Å²) in [6, 6.07) is 11.7. The van der Waals surface area contributed by atoms with Gasteiger partial charge in [0.05, 0.1) is 0 Å². The van der Waals surface area contributed by atoms with Crippen molar-refractivity contribution in [3.63, 3.8) is 0 Å². The Morgan fingerprint density at radius 3 is 2.79 bits per heavy atom. The van der Waals surface area contributed by atoms with Crippen LogP contribution in [0, 0.1) is 5.92 Å². The fourth-order valence-electron chi connectivity index (χ4n) is 4.28. The maximum absolute atomic E-state index is 4.49. The molecule has 2 aliphatic heterocycles. The number of aliphatic imine (C=N–C) groups is 1. The lowest BCUT2D eigenvalue weighted by Crippen LogP contribution is -2.56. The standard InChI is InChI=1S/C20H32N4/c1-3-12-22-20(21-2)24-14-11-19-18(16-24)10-7-13-23(19)15-17-8-5-4-6-9-17/h4-6,8-9,18-19H,3,7,10-16H2,1-2H3,(H,21,22). The second kappa shape index (κ2) is 8.52. The minimum atomic E-state index is 0.736. The Bertz CT molecular complexity index is 528. The van der Waals surface area contributed by atoms with Crippen LogP contribution in [0.4, 0.5) is 0 Å². The maximum atomic E-state index is 4.49. The third-order valence-corrected chi connectivity index (χ3v) is 5.46. The average Bonchev–Trinajstić information content (AvgIpc) is 2.63. The first-order valence-corrected chi connectivity index (χ1v) is 9.55. The third-order valence-electron chi connectivity index (χ3n) is 5.46. The molecule has 4 nitrogen and oxygen atoms in total. The summed E-state index contributed by atoms with van der Waals surface area (Å²) in [4.78, 5) is 9.69. The van der Waals surface area contributed by atoms with E-state index in [4.69, 9.17) is 0 Å². The van der Waals surface area contributed by atoms with E-state index in [1.165, 1.54) is 31.4 Å². The lowest BCUT2D eigenvalue weighted by Gasteiger charge is -2.48. The van der Waals surface area contributed by atoms with Crippen molar-refractivity contribution in [2.24, 2.45) is 10.9 Å². The van der Waals surface area contributed by atoms with E-state index in [-0.39, 0.29) is 0 Å². The van der Waals surface area contributed by atoms with Gasteiger partial charge in [-0.15, -0.1) is 0 Å². The Morgan fingerprint density at radius 1 is 1.21 bits per heavy atom. The Labute approximate surface area is 146 Å². The smallest absolute Gasteiger partial charge is 0.193 e. The van der Waals surface area contributed by atoms with Crippen molar-refractivity contribution in [1.82, 2.24) is 15.1 Å². The Kier molecular flexibility index (Phi) is 6.13. The van der Waals surface area contributed by atoms with Crippen molar-refractivity contribution in [3.8, 4) is 0 Å². The molecule has 3 rings (SSSR count). The van der Waals surface area contributed by atoms with Crippen molar-refractivity contribution in [2.75, 3.05) is 33.2 Å². The van der Waals surface area contributed by atoms with Crippen LogP contribution in [0.15, 0.2) is 35.3 Å². The number of nitrogens with zero attached hydrogens (tertiary/aromatic N) is 3. The van der Waals surface area contributed by atoms with Gasteiger partial charge in [-0.3, -0.25) is 9.89 Å². The topological polar surface area (TPSA) is 30.9 Å². The predicted molar refractivity (Wildman–Crippen MR) is 101 cm³/mol. The van der Waals surface area contributed by atoms with Gasteiger partial charge in [0.1, 0.15) is 0 Å². The number of hydrogen-bond donors (Lipinski definition) is 1. The van der Waals surface area contributed by atoms with E-state index in [9.17, 15) is 0 Å². The summed E-state index contributed by atoms with van der Waals surface area (Å²) in [5.74, 6) is 1.87. The molecule has 4 heteroatoms. The van der Waals surface area contributed by atoms with Crippen LogP contribution in [0.25, 0.3) is 0 Å². The molecule has 2 fully saturated rings. The van der Waals surface area contributed by atoms with Crippen LogP contribution in [0.5, 0.6) is 0 Å². The summed E-state index contributed by atoms with van der Waals surface area (Å²) in [6.07, 6.45) is 5.08. The van der Waals surface area contributed by atoms with Crippen LogP contribution >= 0.6 is 0 Å². The molecule has 2 aliphatic rings. The normalized spacial score (nSPS) is 25.4. The molecule has 0 saturated carbocycles. The molecule has 1 aromatic carbocycles. The Hall–Kier alpha value is -1.55. The van der Waals surface area contributed by atoms with Crippen molar-refractivity contribution in [3.05, 3.63) is 35.9 Å².